The lowest BCUT2D eigenvalue weighted by atomic mass is 10.0. The third-order valence-corrected chi connectivity index (χ3v) is 4.22. The molecule has 2 aliphatic rings. The maximum atomic E-state index is 12.6. The van der Waals surface area contributed by atoms with Crippen molar-refractivity contribution in [3.63, 3.8) is 0 Å². The number of rotatable bonds is 2. The van der Waals surface area contributed by atoms with Crippen LogP contribution in [0.2, 0.25) is 0 Å². The van der Waals surface area contributed by atoms with Gasteiger partial charge in [0, 0.05) is 25.6 Å². The van der Waals surface area contributed by atoms with E-state index in [0.717, 1.165) is 30.0 Å². The summed E-state index contributed by atoms with van der Waals surface area (Å²) in [5.41, 5.74) is 1.29. The van der Waals surface area contributed by atoms with Gasteiger partial charge in [0.15, 0.2) is 0 Å². The Morgan fingerprint density at radius 2 is 2.17 bits per heavy atom. The first-order valence-electron chi connectivity index (χ1n) is 7.57. The second-order valence-corrected chi connectivity index (χ2v) is 5.73. The highest BCUT2D eigenvalue weighted by molar-refractivity contribution is 5.82. The monoisotopic (exact) mass is 329 g/mol. The highest BCUT2D eigenvalue weighted by Crippen LogP contribution is 2.29. The largest absolute Gasteiger partial charge is 0.471 e. The topological polar surface area (TPSA) is 70.2 Å². The minimum Gasteiger partial charge on any atom is -0.373 e. The van der Waals surface area contributed by atoms with Crippen LogP contribution in [-0.4, -0.2) is 47.1 Å². The molecule has 3 heterocycles. The third-order valence-electron chi connectivity index (χ3n) is 4.22. The molecule has 0 radical (unpaired) electrons. The molecule has 0 bridgehead atoms. The number of carbonyl (C=O) groups is 1. The molecular weight excluding hydrogens is 311 g/mol. The van der Waals surface area contributed by atoms with Gasteiger partial charge in [-0.25, -0.2) is 9.97 Å². The number of fused-ring (bicyclic) bond motifs is 1. The SMILES string of the molecule is CNc1nc([C@H]2CCCN2)nc2c1CN(C(=O)C(F)(F)F)CC2. The summed E-state index contributed by atoms with van der Waals surface area (Å²) in [6, 6.07) is 0.0854. The number of carbonyl (C=O) groups excluding carboxylic acids is 1. The Labute approximate surface area is 131 Å². The van der Waals surface area contributed by atoms with E-state index in [9.17, 15) is 18.0 Å². The predicted molar refractivity (Wildman–Crippen MR) is 76.7 cm³/mol. The van der Waals surface area contributed by atoms with E-state index in [1.165, 1.54) is 0 Å². The molecule has 3 rings (SSSR count). The van der Waals surface area contributed by atoms with E-state index in [2.05, 4.69) is 20.6 Å². The van der Waals surface area contributed by atoms with Crippen LogP contribution < -0.4 is 10.6 Å². The highest BCUT2D eigenvalue weighted by Gasteiger charge is 2.43. The lowest BCUT2D eigenvalue weighted by Gasteiger charge is -2.30. The Bertz CT molecular complexity index is 596. The first-order chi connectivity index (χ1) is 10.9. The van der Waals surface area contributed by atoms with Gasteiger partial charge in [-0.1, -0.05) is 0 Å². The second-order valence-electron chi connectivity index (χ2n) is 5.73. The van der Waals surface area contributed by atoms with Crippen molar-refractivity contribution in [2.24, 2.45) is 0 Å². The Hall–Kier alpha value is -1.90. The van der Waals surface area contributed by atoms with Crippen LogP contribution in [0.3, 0.4) is 0 Å². The van der Waals surface area contributed by atoms with E-state index in [1.54, 1.807) is 7.05 Å². The van der Waals surface area contributed by atoms with Gasteiger partial charge in [0.25, 0.3) is 0 Å². The van der Waals surface area contributed by atoms with E-state index < -0.39 is 12.1 Å². The molecule has 1 fully saturated rings. The van der Waals surface area contributed by atoms with Crippen LogP contribution in [-0.2, 0) is 17.8 Å². The highest BCUT2D eigenvalue weighted by atomic mass is 19.4. The first-order valence-corrected chi connectivity index (χ1v) is 7.57. The molecule has 1 aromatic rings. The third kappa shape index (κ3) is 3.10. The molecule has 1 aromatic heterocycles. The molecule has 0 aliphatic carbocycles. The Morgan fingerprint density at radius 1 is 1.39 bits per heavy atom. The molecule has 1 atom stereocenters. The zero-order valence-corrected chi connectivity index (χ0v) is 12.7. The van der Waals surface area contributed by atoms with E-state index in [-0.39, 0.29) is 19.1 Å². The molecule has 126 valence electrons. The molecule has 23 heavy (non-hydrogen) atoms. The summed E-state index contributed by atoms with van der Waals surface area (Å²) in [7, 11) is 1.67. The van der Waals surface area contributed by atoms with Crippen LogP contribution in [0.15, 0.2) is 0 Å². The minimum absolute atomic E-state index is 0.0169. The maximum absolute atomic E-state index is 12.6. The van der Waals surface area contributed by atoms with Gasteiger partial charge in [-0.15, -0.1) is 0 Å². The van der Waals surface area contributed by atoms with Crippen molar-refractivity contribution in [2.45, 2.75) is 38.0 Å². The van der Waals surface area contributed by atoms with Crippen LogP contribution in [0.1, 0.15) is 36.0 Å². The molecule has 0 spiro atoms. The van der Waals surface area contributed by atoms with Gasteiger partial charge in [0.05, 0.1) is 18.3 Å². The van der Waals surface area contributed by atoms with Gasteiger partial charge in [-0.2, -0.15) is 13.2 Å². The van der Waals surface area contributed by atoms with E-state index in [0.29, 0.717) is 23.6 Å². The zero-order chi connectivity index (χ0) is 16.6. The van der Waals surface area contributed by atoms with Gasteiger partial charge in [-0.05, 0) is 19.4 Å². The number of hydrogen-bond donors (Lipinski definition) is 2. The van der Waals surface area contributed by atoms with Crippen molar-refractivity contribution in [1.29, 1.82) is 0 Å². The number of alkyl halides is 3. The predicted octanol–water partition coefficient (Wildman–Crippen LogP) is 1.39. The number of amides is 1. The Morgan fingerprint density at radius 3 is 2.78 bits per heavy atom. The molecule has 2 aliphatic heterocycles. The maximum Gasteiger partial charge on any atom is 0.471 e. The summed E-state index contributed by atoms with van der Waals surface area (Å²) in [5, 5.41) is 6.23. The standard InChI is InChI=1S/C14H18F3N5O/c1-18-11-8-7-22(13(23)14(15,16)17)6-4-9(8)20-12(21-11)10-3-2-5-19-10/h10,19H,2-7H2,1H3,(H,18,20,21)/t10-/m1/s1. The summed E-state index contributed by atoms with van der Waals surface area (Å²) in [4.78, 5) is 21.2. The van der Waals surface area contributed by atoms with Gasteiger partial charge in [-0.3, -0.25) is 4.79 Å². The van der Waals surface area contributed by atoms with Crippen LogP contribution in [0, 0.1) is 0 Å². The molecule has 0 saturated carbocycles. The number of anilines is 1. The van der Waals surface area contributed by atoms with E-state index >= 15 is 0 Å². The van der Waals surface area contributed by atoms with Crippen LogP contribution in [0.25, 0.3) is 0 Å². The number of hydrogen-bond acceptors (Lipinski definition) is 5. The van der Waals surface area contributed by atoms with Gasteiger partial charge >= 0.3 is 12.1 Å². The van der Waals surface area contributed by atoms with Gasteiger partial charge in [0.2, 0.25) is 0 Å². The summed E-state index contributed by atoms with van der Waals surface area (Å²) < 4.78 is 37.8. The van der Waals surface area contributed by atoms with Crippen LogP contribution in [0.4, 0.5) is 19.0 Å². The van der Waals surface area contributed by atoms with Crippen LogP contribution in [0.5, 0.6) is 0 Å². The molecule has 6 nitrogen and oxygen atoms in total. The molecule has 1 saturated heterocycles. The van der Waals surface area contributed by atoms with Crippen molar-refractivity contribution in [3.8, 4) is 0 Å². The smallest absolute Gasteiger partial charge is 0.373 e. The summed E-state index contributed by atoms with van der Waals surface area (Å²) in [6.45, 7) is 0.805. The second kappa shape index (κ2) is 5.95. The summed E-state index contributed by atoms with van der Waals surface area (Å²) in [5.74, 6) is -0.647. The molecule has 2 N–H and O–H groups in total. The van der Waals surface area contributed by atoms with Crippen molar-refractivity contribution < 1.29 is 18.0 Å². The normalized spacial score (nSPS) is 21.2. The quantitative estimate of drug-likeness (QED) is 0.858. The summed E-state index contributed by atoms with van der Waals surface area (Å²) in [6.07, 6.45) is -2.56. The molecule has 0 unspecified atom stereocenters. The zero-order valence-electron chi connectivity index (χ0n) is 12.7. The lowest BCUT2D eigenvalue weighted by Crippen LogP contribution is -2.44. The molecule has 1 amide bonds. The van der Waals surface area contributed by atoms with Crippen LogP contribution >= 0.6 is 0 Å². The number of nitrogens with zero attached hydrogens (tertiary/aromatic N) is 3. The van der Waals surface area contributed by atoms with Crippen molar-refractivity contribution in [3.05, 3.63) is 17.1 Å². The molecule has 9 heteroatoms. The molecule has 0 aromatic carbocycles. The number of nitrogens with one attached hydrogen (secondary N) is 2. The average molecular weight is 329 g/mol. The van der Waals surface area contributed by atoms with Crippen molar-refractivity contribution in [1.82, 2.24) is 20.2 Å². The molecular formula is C14H18F3N5O. The van der Waals surface area contributed by atoms with E-state index in [4.69, 9.17) is 0 Å². The summed E-state index contributed by atoms with van der Waals surface area (Å²) >= 11 is 0. The average Bonchev–Trinajstić information content (AvgIpc) is 3.06. The van der Waals surface area contributed by atoms with Crippen molar-refractivity contribution in [2.75, 3.05) is 25.5 Å². The van der Waals surface area contributed by atoms with Gasteiger partial charge < -0.3 is 15.5 Å². The lowest BCUT2D eigenvalue weighted by molar-refractivity contribution is -0.186. The van der Waals surface area contributed by atoms with E-state index in [1.807, 2.05) is 0 Å². The number of aromatic nitrogens is 2. The fraction of sp³-hybridized carbons (Fsp3) is 0.643. The Kier molecular flexibility index (Phi) is 4.13. The van der Waals surface area contributed by atoms with Crippen molar-refractivity contribution >= 4 is 11.7 Å². The fourth-order valence-electron chi connectivity index (χ4n) is 3.05. The van der Waals surface area contributed by atoms with Gasteiger partial charge in [0.1, 0.15) is 11.6 Å². The Balaban J connectivity index is 1.89. The number of halogens is 3. The first kappa shape index (κ1) is 16.0. The minimum atomic E-state index is -4.86. The fourth-order valence-corrected chi connectivity index (χ4v) is 3.05.